The van der Waals surface area contributed by atoms with Gasteiger partial charge in [-0.1, -0.05) is 35.9 Å². The molecule has 2 aromatic carbocycles. The third-order valence-corrected chi connectivity index (χ3v) is 5.77. The molecule has 1 aliphatic heterocycles. The Labute approximate surface area is 191 Å². The molecule has 3 heterocycles. The Morgan fingerprint density at radius 2 is 1.94 bits per heavy atom. The largest absolute Gasteiger partial charge is 0.321 e. The fourth-order valence-electron chi connectivity index (χ4n) is 3.93. The Hall–Kier alpha value is -3.26. The molecule has 32 heavy (non-hydrogen) atoms. The van der Waals surface area contributed by atoms with Gasteiger partial charge in [0.25, 0.3) is 5.91 Å². The molecule has 0 atom stereocenters. The maximum absolute atomic E-state index is 12.9. The third-order valence-electron chi connectivity index (χ3n) is 5.54. The molecule has 1 saturated heterocycles. The van der Waals surface area contributed by atoms with Gasteiger partial charge in [0.2, 0.25) is 0 Å². The first kappa shape index (κ1) is 20.6. The molecule has 8 heteroatoms. The smallest absolute Gasteiger partial charge is 0.274 e. The van der Waals surface area contributed by atoms with Gasteiger partial charge >= 0.3 is 0 Å². The van der Waals surface area contributed by atoms with Crippen LogP contribution in [0.15, 0.2) is 67.0 Å². The summed E-state index contributed by atoms with van der Waals surface area (Å²) in [5, 5.41) is 11.3. The summed E-state index contributed by atoms with van der Waals surface area (Å²) < 4.78 is 1.65. The molecule has 0 unspecified atom stereocenters. The number of piperazine rings is 1. The van der Waals surface area contributed by atoms with Crippen LogP contribution in [0.2, 0.25) is 5.02 Å². The highest BCUT2D eigenvalue weighted by molar-refractivity contribution is 6.30. The molecule has 4 aromatic rings. The van der Waals surface area contributed by atoms with E-state index in [1.165, 1.54) is 5.56 Å². The summed E-state index contributed by atoms with van der Waals surface area (Å²) in [6.07, 6.45) is 3.47. The zero-order valence-corrected chi connectivity index (χ0v) is 18.2. The number of benzene rings is 2. The van der Waals surface area contributed by atoms with E-state index in [0.29, 0.717) is 16.4 Å². The molecule has 7 nitrogen and oxygen atoms in total. The molecule has 1 aliphatic rings. The topological polar surface area (TPSA) is 74.6 Å². The summed E-state index contributed by atoms with van der Waals surface area (Å²) in [4.78, 5) is 19.9. The predicted octanol–water partition coefficient (Wildman–Crippen LogP) is 3.71. The number of nitrogens with zero attached hydrogens (tertiary/aromatic N) is 4. The number of fused-ring (bicyclic) bond motifs is 1. The van der Waals surface area contributed by atoms with Gasteiger partial charge in [-0.15, -0.1) is 0 Å². The molecule has 1 amide bonds. The number of hydrogen-bond donors (Lipinski definition) is 2. The van der Waals surface area contributed by atoms with Gasteiger partial charge in [-0.3, -0.25) is 9.69 Å². The Morgan fingerprint density at radius 1 is 1.09 bits per heavy atom. The quantitative estimate of drug-likeness (QED) is 0.489. The highest BCUT2D eigenvalue weighted by Crippen LogP contribution is 2.26. The second-order valence-electron chi connectivity index (χ2n) is 7.83. The summed E-state index contributed by atoms with van der Waals surface area (Å²) in [5.74, 6) is -0.259. The SMILES string of the molecule is O=C(Nc1cccc(CN2CCNCC2)c1)c1ccn2ncc(-c3cccc(Cl)c3)c2n1. The average Bonchev–Trinajstić information content (AvgIpc) is 3.23. The van der Waals surface area contributed by atoms with Gasteiger partial charge in [-0.2, -0.15) is 5.10 Å². The number of halogens is 1. The van der Waals surface area contributed by atoms with Crippen molar-refractivity contribution in [3.8, 4) is 11.1 Å². The first-order chi connectivity index (χ1) is 15.7. The van der Waals surface area contributed by atoms with Crippen LogP contribution in [0.1, 0.15) is 16.1 Å². The van der Waals surface area contributed by atoms with Gasteiger partial charge < -0.3 is 10.6 Å². The summed E-state index contributed by atoms with van der Waals surface area (Å²) in [6.45, 7) is 4.95. The highest BCUT2D eigenvalue weighted by Gasteiger charge is 2.14. The van der Waals surface area contributed by atoms with Crippen molar-refractivity contribution in [3.05, 3.63) is 83.3 Å². The minimum Gasteiger partial charge on any atom is -0.321 e. The molecule has 5 rings (SSSR count). The van der Waals surface area contributed by atoms with E-state index in [1.807, 2.05) is 42.5 Å². The van der Waals surface area contributed by atoms with Crippen molar-refractivity contribution in [1.29, 1.82) is 0 Å². The molecular weight excluding hydrogens is 424 g/mol. The normalized spacial score (nSPS) is 14.5. The van der Waals surface area contributed by atoms with Crippen LogP contribution in [-0.2, 0) is 6.54 Å². The molecule has 1 fully saturated rings. The van der Waals surface area contributed by atoms with E-state index in [2.05, 4.69) is 31.7 Å². The van der Waals surface area contributed by atoms with Crippen molar-refractivity contribution < 1.29 is 4.79 Å². The van der Waals surface area contributed by atoms with Crippen molar-refractivity contribution in [1.82, 2.24) is 24.8 Å². The second-order valence-corrected chi connectivity index (χ2v) is 8.27. The summed E-state index contributed by atoms with van der Waals surface area (Å²) in [7, 11) is 0. The number of nitrogens with one attached hydrogen (secondary N) is 2. The van der Waals surface area contributed by atoms with Gasteiger partial charge in [0.05, 0.1) is 6.20 Å². The number of carbonyl (C=O) groups is 1. The maximum atomic E-state index is 12.9. The lowest BCUT2D eigenvalue weighted by molar-refractivity contribution is 0.102. The number of aromatic nitrogens is 3. The van der Waals surface area contributed by atoms with E-state index in [4.69, 9.17) is 11.6 Å². The van der Waals surface area contributed by atoms with Crippen molar-refractivity contribution in [2.24, 2.45) is 0 Å². The minimum absolute atomic E-state index is 0.259. The van der Waals surface area contributed by atoms with Crippen LogP contribution in [-0.4, -0.2) is 51.6 Å². The fraction of sp³-hybridized carbons (Fsp3) is 0.208. The van der Waals surface area contributed by atoms with Crippen LogP contribution in [0.4, 0.5) is 5.69 Å². The molecular formula is C24H23ClN6O. The van der Waals surface area contributed by atoms with Crippen LogP contribution in [0.25, 0.3) is 16.8 Å². The summed E-state index contributed by atoms with van der Waals surface area (Å²) in [5.41, 5.74) is 4.58. The standard InChI is InChI=1S/C24H23ClN6O/c25-19-5-2-4-18(14-19)21-15-27-31-10-7-22(29-23(21)31)24(32)28-20-6-1-3-17(13-20)16-30-11-8-26-9-12-30/h1-7,10,13-15,26H,8-9,11-12,16H2,(H,28,32). The lowest BCUT2D eigenvalue weighted by Crippen LogP contribution is -2.42. The number of anilines is 1. The second kappa shape index (κ2) is 9.08. The minimum atomic E-state index is -0.259. The Bertz CT molecular complexity index is 1260. The molecule has 162 valence electrons. The van der Waals surface area contributed by atoms with Crippen LogP contribution in [0.3, 0.4) is 0 Å². The molecule has 2 N–H and O–H groups in total. The van der Waals surface area contributed by atoms with Gasteiger partial charge in [0, 0.05) is 55.2 Å². The van der Waals surface area contributed by atoms with E-state index in [9.17, 15) is 4.79 Å². The van der Waals surface area contributed by atoms with Crippen LogP contribution >= 0.6 is 11.6 Å². The van der Waals surface area contributed by atoms with E-state index in [-0.39, 0.29) is 5.91 Å². The number of carbonyl (C=O) groups excluding carboxylic acids is 1. The Morgan fingerprint density at radius 3 is 2.78 bits per heavy atom. The van der Waals surface area contributed by atoms with Crippen molar-refractivity contribution in [2.75, 3.05) is 31.5 Å². The third kappa shape index (κ3) is 4.50. The molecule has 2 aromatic heterocycles. The van der Waals surface area contributed by atoms with Gasteiger partial charge in [-0.05, 0) is 41.5 Å². The van der Waals surface area contributed by atoms with Gasteiger partial charge in [0.15, 0.2) is 5.65 Å². The average molecular weight is 447 g/mol. The number of amides is 1. The Kier molecular flexibility index (Phi) is 5.85. The predicted molar refractivity (Wildman–Crippen MR) is 126 cm³/mol. The van der Waals surface area contributed by atoms with Crippen LogP contribution in [0, 0.1) is 0 Å². The first-order valence-corrected chi connectivity index (χ1v) is 11.0. The number of hydrogen-bond acceptors (Lipinski definition) is 5. The molecule has 0 aliphatic carbocycles. The molecule has 0 bridgehead atoms. The fourth-order valence-corrected chi connectivity index (χ4v) is 4.12. The van der Waals surface area contributed by atoms with Gasteiger partial charge in [-0.25, -0.2) is 9.50 Å². The number of rotatable bonds is 5. The maximum Gasteiger partial charge on any atom is 0.274 e. The van der Waals surface area contributed by atoms with Crippen LogP contribution in [0.5, 0.6) is 0 Å². The van der Waals surface area contributed by atoms with Crippen molar-refractivity contribution >= 4 is 28.8 Å². The van der Waals surface area contributed by atoms with Crippen molar-refractivity contribution in [3.63, 3.8) is 0 Å². The first-order valence-electron chi connectivity index (χ1n) is 10.6. The molecule has 0 radical (unpaired) electrons. The Balaban J connectivity index is 1.36. The highest BCUT2D eigenvalue weighted by atomic mass is 35.5. The zero-order valence-electron chi connectivity index (χ0n) is 17.5. The molecule has 0 spiro atoms. The van der Waals surface area contributed by atoms with E-state index in [1.54, 1.807) is 23.0 Å². The monoisotopic (exact) mass is 446 g/mol. The van der Waals surface area contributed by atoms with Crippen LogP contribution < -0.4 is 10.6 Å². The molecule has 0 saturated carbocycles. The summed E-state index contributed by atoms with van der Waals surface area (Å²) >= 11 is 6.14. The van der Waals surface area contributed by atoms with E-state index in [0.717, 1.165) is 49.5 Å². The lowest BCUT2D eigenvalue weighted by Gasteiger charge is -2.27. The lowest BCUT2D eigenvalue weighted by atomic mass is 10.1. The van der Waals surface area contributed by atoms with E-state index < -0.39 is 0 Å². The zero-order chi connectivity index (χ0) is 21.9. The summed E-state index contributed by atoms with van der Waals surface area (Å²) in [6, 6.07) is 17.1. The van der Waals surface area contributed by atoms with Crippen molar-refractivity contribution in [2.45, 2.75) is 6.54 Å². The van der Waals surface area contributed by atoms with E-state index >= 15 is 0 Å². The van der Waals surface area contributed by atoms with Gasteiger partial charge in [0.1, 0.15) is 5.69 Å².